The van der Waals surface area contributed by atoms with Gasteiger partial charge in [-0.15, -0.1) is 0 Å². The second kappa shape index (κ2) is 9.31. The third kappa shape index (κ3) is 6.64. The van der Waals surface area contributed by atoms with Crippen molar-refractivity contribution in [2.24, 2.45) is 0 Å². The number of H-pyrrole nitrogens is 1. The van der Waals surface area contributed by atoms with Crippen molar-refractivity contribution < 1.29 is 73.8 Å². The molecule has 190 valence electrons. The minimum Gasteiger partial charge on any atom is -0.386 e. The highest BCUT2D eigenvalue weighted by Gasteiger charge is 2.73. The summed E-state index contributed by atoms with van der Waals surface area (Å²) in [6.07, 6.45) is -13.7. The zero-order valence-corrected chi connectivity index (χ0v) is 18.8. The van der Waals surface area contributed by atoms with E-state index in [1.165, 1.54) is 0 Å². The molecule has 0 saturated carbocycles. The number of nitrogens with one attached hydrogen (secondary N) is 1. The van der Waals surface area contributed by atoms with Gasteiger partial charge < -0.3 is 29.4 Å². The van der Waals surface area contributed by atoms with E-state index in [1.54, 1.807) is 0 Å². The fourth-order valence-electron chi connectivity index (χ4n) is 2.54. The van der Waals surface area contributed by atoms with Crippen LogP contribution >= 0.6 is 35.7 Å². The number of halogens is 4. The topological polar surface area (TPSA) is 227 Å². The lowest BCUT2D eigenvalue weighted by molar-refractivity contribution is -0.274. The molecule has 23 heteroatoms. The van der Waals surface area contributed by atoms with Crippen LogP contribution in [-0.2, 0) is 31.6 Å². The van der Waals surface area contributed by atoms with Crippen LogP contribution in [0.4, 0.5) is 17.6 Å². The summed E-state index contributed by atoms with van der Waals surface area (Å²) in [5.74, 6) is 0. The molecule has 15 nitrogen and oxygen atoms in total. The normalized spacial score (nSPS) is 30.0. The fraction of sp³-hybridized carbons (Fsp3) is 0.600. The van der Waals surface area contributed by atoms with Gasteiger partial charge >= 0.3 is 35.3 Å². The quantitative estimate of drug-likeness (QED) is 0.144. The first-order valence-electron chi connectivity index (χ1n) is 7.87. The molecule has 6 atom stereocenters. The predicted octanol–water partition coefficient (Wildman–Crippen LogP) is 0.778. The Morgan fingerprint density at radius 1 is 1.18 bits per heavy atom. The van der Waals surface area contributed by atoms with Gasteiger partial charge in [0.1, 0.15) is 16.8 Å². The van der Waals surface area contributed by atoms with Crippen molar-refractivity contribution in [3.63, 3.8) is 0 Å². The van der Waals surface area contributed by atoms with E-state index in [4.69, 9.17) is 19.4 Å². The number of alkyl halides is 4. The SMILES string of the molecule is O=c1[nH]c(=S)ccn1[C@@H]1O[C@H](COP(=O)(O)OP(=O)(O)OP(=O)(O)O)C(O)C1(F)C(F)(F)F. The Morgan fingerprint density at radius 2 is 1.76 bits per heavy atom. The minimum absolute atomic E-state index is 0.0529. The van der Waals surface area contributed by atoms with Crippen LogP contribution in [0.2, 0.25) is 0 Å². The summed E-state index contributed by atoms with van der Waals surface area (Å²) < 4.78 is 104. The molecule has 1 saturated heterocycles. The molecular formula is C10H13F4N2O13P3S. The molecule has 1 aromatic heterocycles. The van der Waals surface area contributed by atoms with Crippen molar-refractivity contribution in [1.82, 2.24) is 9.55 Å². The zero-order chi connectivity index (χ0) is 25.6. The fourth-order valence-corrected chi connectivity index (χ4v) is 5.72. The smallest absolute Gasteiger partial charge is 0.386 e. The first-order valence-corrected chi connectivity index (χ1v) is 12.8. The summed E-state index contributed by atoms with van der Waals surface area (Å²) in [6, 6.07) is 0.892. The molecule has 33 heavy (non-hydrogen) atoms. The predicted molar refractivity (Wildman–Crippen MR) is 95.5 cm³/mol. The Balaban J connectivity index is 2.29. The van der Waals surface area contributed by atoms with Crippen LogP contribution < -0.4 is 5.69 Å². The van der Waals surface area contributed by atoms with Crippen LogP contribution in [0, 0.1) is 4.64 Å². The number of ether oxygens (including phenoxy) is 1. The average Bonchev–Trinajstić information content (AvgIpc) is 2.82. The van der Waals surface area contributed by atoms with Gasteiger partial charge in [-0.2, -0.15) is 21.8 Å². The van der Waals surface area contributed by atoms with E-state index in [9.17, 15) is 41.7 Å². The summed E-state index contributed by atoms with van der Waals surface area (Å²) in [5.41, 5.74) is -6.04. The first-order chi connectivity index (χ1) is 14.7. The van der Waals surface area contributed by atoms with Crippen LogP contribution in [0.1, 0.15) is 6.23 Å². The van der Waals surface area contributed by atoms with E-state index in [0.717, 1.165) is 6.07 Å². The van der Waals surface area contributed by atoms with Gasteiger partial charge in [-0.05, 0) is 6.07 Å². The summed E-state index contributed by atoms with van der Waals surface area (Å²) in [6.45, 7) is -1.61. The molecule has 1 aromatic rings. The minimum atomic E-state index is -5.95. The van der Waals surface area contributed by atoms with Crippen molar-refractivity contribution in [1.29, 1.82) is 0 Å². The summed E-state index contributed by atoms with van der Waals surface area (Å²) in [4.78, 5) is 49.0. The molecule has 6 N–H and O–H groups in total. The molecule has 0 spiro atoms. The van der Waals surface area contributed by atoms with Crippen LogP contribution in [0.3, 0.4) is 0 Å². The van der Waals surface area contributed by atoms with Gasteiger partial charge in [0.25, 0.3) is 5.67 Å². The molecule has 0 bridgehead atoms. The number of phosphoric ester groups is 1. The maximum Gasteiger partial charge on any atom is 0.490 e. The number of phosphoric acid groups is 3. The third-order valence-corrected chi connectivity index (χ3v) is 7.84. The first kappa shape index (κ1) is 28.4. The van der Waals surface area contributed by atoms with Crippen molar-refractivity contribution in [3.8, 4) is 0 Å². The Morgan fingerprint density at radius 3 is 2.24 bits per heavy atom. The number of hydrogen-bond donors (Lipinski definition) is 6. The molecule has 0 aromatic carbocycles. The van der Waals surface area contributed by atoms with Crippen LogP contribution in [0.25, 0.3) is 0 Å². The van der Waals surface area contributed by atoms with Crippen LogP contribution in [-0.4, -0.2) is 64.9 Å². The summed E-state index contributed by atoms with van der Waals surface area (Å²) in [5, 5.41) is 9.91. The van der Waals surface area contributed by atoms with E-state index in [1.807, 2.05) is 4.98 Å². The van der Waals surface area contributed by atoms with E-state index < -0.39 is 66.0 Å². The van der Waals surface area contributed by atoms with Gasteiger partial charge in [0.15, 0.2) is 6.23 Å². The maximum absolute atomic E-state index is 15.1. The summed E-state index contributed by atoms with van der Waals surface area (Å²) >= 11 is 4.60. The molecule has 1 aliphatic heterocycles. The molecule has 1 fully saturated rings. The number of rotatable bonds is 8. The molecule has 2 heterocycles. The monoisotopic (exact) mass is 570 g/mol. The largest absolute Gasteiger partial charge is 0.490 e. The van der Waals surface area contributed by atoms with Crippen molar-refractivity contribution >= 4 is 35.7 Å². The van der Waals surface area contributed by atoms with E-state index in [0.29, 0.717) is 6.20 Å². The number of hydrogen-bond acceptors (Lipinski definition) is 10. The average molecular weight is 570 g/mol. The van der Waals surface area contributed by atoms with Gasteiger partial charge in [0, 0.05) is 6.20 Å². The lowest BCUT2D eigenvalue weighted by Crippen LogP contribution is -2.55. The number of aliphatic hydroxyl groups excluding tert-OH is 1. The number of nitrogens with zero attached hydrogens (tertiary/aromatic N) is 1. The Labute approximate surface area is 184 Å². The highest BCUT2D eigenvalue weighted by atomic mass is 32.1. The van der Waals surface area contributed by atoms with Gasteiger partial charge in [0.05, 0.1) is 6.61 Å². The zero-order valence-electron chi connectivity index (χ0n) is 15.3. The van der Waals surface area contributed by atoms with Gasteiger partial charge in [0.2, 0.25) is 0 Å². The van der Waals surface area contributed by atoms with Crippen molar-refractivity contribution in [2.45, 2.75) is 30.3 Å². The number of aromatic amines is 1. The number of aliphatic hydroxyl groups is 1. The summed E-state index contributed by atoms with van der Waals surface area (Å²) in [7, 11) is -17.5. The Bertz CT molecular complexity index is 1150. The van der Waals surface area contributed by atoms with Gasteiger partial charge in [-0.25, -0.2) is 22.9 Å². The molecule has 0 amide bonds. The Kier molecular flexibility index (Phi) is 8.01. The highest BCUT2D eigenvalue weighted by Crippen LogP contribution is 2.66. The number of aromatic nitrogens is 2. The van der Waals surface area contributed by atoms with Gasteiger partial charge in [-0.3, -0.25) is 14.1 Å². The highest BCUT2D eigenvalue weighted by molar-refractivity contribution is 7.71. The van der Waals surface area contributed by atoms with E-state index in [2.05, 4.69) is 25.4 Å². The third-order valence-electron chi connectivity index (χ3n) is 3.80. The van der Waals surface area contributed by atoms with Gasteiger partial charge in [-0.1, -0.05) is 12.2 Å². The van der Waals surface area contributed by atoms with Crippen molar-refractivity contribution in [3.05, 3.63) is 27.4 Å². The van der Waals surface area contributed by atoms with Crippen molar-refractivity contribution in [2.75, 3.05) is 6.61 Å². The molecular weight excluding hydrogens is 557 g/mol. The standard InChI is InChI=1S/C10H13F4N2O13P3S/c11-9(10(12,13)14)6(17)4(27-7(9)16-2-1-5(33)15-8(16)18)3-26-31(22,23)29-32(24,25)28-30(19,20)21/h1-2,4,6-7,17H,3H2,(H,22,23)(H,24,25)(H,15,18,33)(H2,19,20,21)/t4-,6?,7-,9?/m1/s1. The maximum atomic E-state index is 15.1. The van der Waals surface area contributed by atoms with E-state index >= 15 is 4.39 Å². The lowest BCUT2D eigenvalue weighted by Gasteiger charge is -2.30. The molecule has 0 radical (unpaired) electrons. The molecule has 1 aliphatic rings. The Hall–Kier alpha value is -0.850. The van der Waals surface area contributed by atoms with E-state index in [-0.39, 0.29) is 9.21 Å². The molecule has 2 rings (SSSR count). The van der Waals surface area contributed by atoms with Crippen LogP contribution in [0.5, 0.6) is 0 Å². The second-order valence-corrected chi connectivity index (χ2v) is 11.0. The lowest BCUT2D eigenvalue weighted by atomic mass is 9.95. The van der Waals surface area contributed by atoms with Crippen LogP contribution in [0.15, 0.2) is 17.1 Å². The molecule has 4 unspecified atom stereocenters. The molecule has 0 aliphatic carbocycles. The second-order valence-electron chi connectivity index (χ2n) is 6.14.